The summed E-state index contributed by atoms with van der Waals surface area (Å²) in [6.07, 6.45) is 1.85. The Morgan fingerprint density at radius 2 is 2.12 bits per heavy atom. The minimum absolute atomic E-state index is 0.0629. The van der Waals surface area contributed by atoms with Crippen LogP contribution in [0.5, 0.6) is 0 Å². The normalized spacial score (nSPS) is 10.7. The van der Waals surface area contributed by atoms with Gasteiger partial charge in [0.05, 0.1) is 21.7 Å². The molecular formula is C16H13N3O3S2. The smallest absolute Gasteiger partial charge is 0.282 e. The molecule has 1 heterocycles. The highest BCUT2D eigenvalue weighted by molar-refractivity contribution is 7.98. The van der Waals surface area contributed by atoms with E-state index >= 15 is 0 Å². The molecule has 24 heavy (non-hydrogen) atoms. The van der Waals surface area contributed by atoms with Gasteiger partial charge in [-0.1, -0.05) is 12.1 Å². The van der Waals surface area contributed by atoms with Crippen LogP contribution in [0.25, 0.3) is 10.2 Å². The molecule has 0 radical (unpaired) electrons. The first-order chi connectivity index (χ1) is 11.6. The van der Waals surface area contributed by atoms with Gasteiger partial charge in [-0.3, -0.25) is 14.9 Å². The topological polar surface area (TPSA) is 85.1 Å². The van der Waals surface area contributed by atoms with E-state index in [0.717, 1.165) is 20.1 Å². The number of rotatable bonds is 5. The number of carbonyl (C=O) groups excluding carboxylic acids is 1. The fourth-order valence-corrected chi connectivity index (χ4v) is 3.58. The first kappa shape index (κ1) is 16.4. The number of thiazole rings is 1. The summed E-state index contributed by atoms with van der Waals surface area (Å²) >= 11 is 2.91. The highest BCUT2D eigenvalue weighted by Crippen LogP contribution is 2.25. The zero-order valence-electron chi connectivity index (χ0n) is 12.7. The van der Waals surface area contributed by atoms with Crippen LogP contribution in [-0.4, -0.2) is 22.1 Å². The summed E-state index contributed by atoms with van der Waals surface area (Å²) in [6, 6.07) is 12.2. The Morgan fingerprint density at radius 3 is 2.83 bits per heavy atom. The van der Waals surface area contributed by atoms with Gasteiger partial charge in [-0.2, -0.15) is 0 Å². The van der Waals surface area contributed by atoms with E-state index in [-0.39, 0.29) is 17.8 Å². The first-order valence-corrected chi connectivity index (χ1v) is 9.07. The predicted octanol–water partition coefficient (Wildman–Crippen LogP) is 3.86. The van der Waals surface area contributed by atoms with Crippen LogP contribution in [0.3, 0.4) is 0 Å². The van der Waals surface area contributed by atoms with Crippen molar-refractivity contribution in [1.82, 2.24) is 10.3 Å². The maximum atomic E-state index is 12.4. The van der Waals surface area contributed by atoms with Crippen LogP contribution in [-0.2, 0) is 6.54 Å². The first-order valence-electron chi connectivity index (χ1n) is 7.03. The molecule has 0 fully saturated rings. The van der Waals surface area contributed by atoms with E-state index in [4.69, 9.17) is 0 Å². The average molecular weight is 359 g/mol. The number of thioether (sulfide) groups is 1. The molecule has 1 N–H and O–H groups in total. The van der Waals surface area contributed by atoms with E-state index in [1.54, 1.807) is 6.07 Å². The summed E-state index contributed by atoms with van der Waals surface area (Å²) in [7, 11) is 0. The third-order valence-electron chi connectivity index (χ3n) is 3.38. The van der Waals surface area contributed by atoms with Crippen molar-refractivity contribution in [2.45, 2.75) is 11.4 Å². The summed E-state index contributed by atoms with van der Waals surface area (Å²) < 4.78 is 1.04. The molecule has 1 aromatic heterocycles. The van der Waals surface area contributed by atoms with Crippen LogP contribution in [0, 0.1) is 10.1 Å². The summed E-state index contributed by atoms with van der Waals surface area (Å²) in [4.78, 5) is 28.2. The Morgan fingerprint density at radius 1 is 1.33 bits per heavy atom. The minimum Gasteiger partial charge on any atom is -0.345 e. The van der Waals surface area contributed by atoms with Gasteiger partial charge in [0.25, 0.3) is 11.6 Å². The number of nitrogens with one attached hydrogen (secondary N) is 1. The Balaban J connectivity index is 1.80. The number of aromatic nitrogens is 1. The van der Waals surface area contributed by atoms with Crippen LogP contribution >= 0.6 is 23.1 Å². The number of para-hydroxylation sites is 1. The Bertz CT molecular complexity index is 891. The highest BCUT2D eigenvalue weighted by atomic mass is 32.2. The van der Waals surface area contributed by atoms with E-state index in [2.05, 4.69) is 10.3 Å². The number of fused-ring (bicyclic) bond motifs is 1. The second-order valence-corrected chi connectivity index (χ2v) is 6.89. The van der Waals surface area contributed by atoms with Gasteiger partial charge in [0, 0.05) is 11.0 Å². The molecule has 0 atom stereocenters. The number of nitro benzene ring substituents is 1. The van der Waals surface area contributed by atoms with Gasteiger partial charge >= 0.3 is 0 Å². The van der Waals surface area contributed by atoms with E-state index in [1.807, 2.05) is 30.5 Å². The second kappa shape index (κ2) is 6.98. The SMILES string of the molecule is CSc1ccc([N+](=O)[O-])c(C(=O)NCc2nc3ccccc3s2)c1. The van der Waals surface area contributed by atoms with Gasteiger partial charge in [0.2, 0.25) is 0 Å². The molecule has 3 aromatic rings. The van der Waals surface area contributed by atoms with Crippen molar-refractivity contribution in [3.63, 3.8) is 0 Å². The molecule has 6 nitrogen and oxygen atoms in total. The zero-order valence-corrected chi connectivity index (χ0v) is 14.3. The minimum atomic E-state index is -0.545. The lowest BCUT2D eigenvalue weighted by Gasteiger charge is -2.06. The number of hydrogen-bond donors (Lipinski definition) is 1. The maximum absolute atomic E-state index is 12.4. The van der Waals surface area contributed by atoms with Gasteiger partial charge in [0.15, 0.2) is 0 Å². The van der Waals surface area contributed by atoms with Gasteiger partial charge in [-0.25, -0.2) is 4.98 Å². The number of nitro groups is 1. The number of nitrogens with zero attached hydrogens (tertiary/aromatic N) is 2. The van der Waals surface area contributed by atoms with Gasteiger partial charge in [-0.05, 0) is 30.5 Å². The molecule has 0 unspecified atom stereocenters. The highest BCUT2D eigenvalue weighted by Gasteiger charge is 2.20. The Hall–Kier alpha value is -2.45. The number of hydrogen-bond acceptors (Lipinski definition) is 6. The number of benzene rings is 2. The molecule has 0 spiro atoms. The third-order valence-corrected chi connectivity index (χ3v) is 5.15. The lowest BCUT2D eigenvalue weighted by atomic mass is 10.1. The fourth-order valence-electron chi connectivity index (χ4n) is 2.23. The van der Waals surface area contributed by atoms with Crippen LogP contribution in [0.15, 0.2) is 47.4 Å². The second-order valence-electron chi connectivity index (χ2n) is 4.90. The maximum Gasteiger partial charge on any atom is 0.282 e. The molecule has 1 amide bonds. The molecule has 3 rings (SSSR count). The Labute approximate surface area is 146 Å². The summed E-state index contributed by atoms with van der Waals surface area (Å²) in [5.74, 6) is -0.475. The van der Waals surface area contributed by atoms with Crippen molar-refractivity contribution in [2.24, 2.45) is 0 Å². The molecule has 8 heteroatoms. The summed E-state index contributed by atoms with van der Waals surface area (Å²) in [5, 5.41) is 14.6. The van der Waals surface area contributed by atoms with Crippen LogP contribution in [0.4, 0.5) is 5.69 Å². The third kappa shape index (κ3) is 3.39. The van der Waals surface area contributed by atoms with Crippen molar-refractivity contribution in [3.8, 4) is 0 Å². The average Bonchev–Trinajstić information content (AvgIpc) is 3.01. The number of amides is 1. The molecule has 0 saturated heterocycles. The van der Waals surface area contributed by atoms with Crippen molar-refractivity contribution in [3.05, 3.63) is 63.1 Å². The summed E-state index contributed by atoms with van der Waals surface area (Å²) in [6.45, 7) is 0.235. The van der Waals surface area contributed by atoms with E-state index in [0.29, 0.717) is 0 Å². The Kier molecular flexibility index (Phi) is 4.77. The van der Waals surface area contributed by atoms with E-state index in [9.17, 15) is 14.9 Å². The van der Waals surface area contributed by atoms with Crippen molar-refractivity contribution in [2.75, 3.05) is 6.26 Å². The standard InChI is InChI=1S/C16H13N3O3S2/c1-23-10-6-7-13(19(21)22)11(8-10)16(20)17-9-15-18-12-4-2-3-5-14(12)24-15/h2-8H,9H2,1H3,(H,17,20). The van der Waals surface area contributed by atoms with E-state index < -0.39 is 10.8 Å². The van der Waals surface area contributed by atoms with Crippen molar-refractivity contribution < 1.29 is 9.72 Å². The van der Waals surface area contributed by atoms with Gasteiger partial charge in [-0.15, -0.1) is 23.1 Å². The van der Waals surface area contributed by atoms with Gasteiger partial charge in [0.1, 0.15) is 10.6 Å². The lowest BCUT2D eigenvalue weighted by Crippen LogP contribution is -2.23. The molecule has 0 saturated carbocycles. The molecule has 0 bridgehead atoms. The lowest BCUT2D eigenvalue weighted by molar-refractivity contribution is -0.385. The van der Waals surface area contributed by atoms with Crippen LogP contribution < -0.4 is 5.32 Å². The van der Waals surface area contributed by atoms with Crippen LogP contribution in [0.1, 0.15) is 15.4 Å². The summed E-state index contributed by atoms with van der Waals surface area (Å²) in [5.41, 5.74) is 0.740. The molecule has 0 aliphatic carbocycles. The number of carbonyl (C=O) groups is 1. The molecular weight excluding hydrogens is 346 g/mol. The fraction of sp³-hybridized carbons (Fsp3) is 0.125. The van der Waals surface area contributed by atoms with Crippen molar-refractivity contribution in [1.29, 1.82) is 0 Å². The van der Waals surface area contributed by atoms with E-state index in [1.165, 1.54) is 35.2 Å². The zero-order chi connectivity index (χ0) is 17.1. The van der Waals surface area contributed by atoms with Crippen molar-refractivity contribution >= 4 is 44.9 Å². The molecule has 2 aromatic carbocycles. The quantitative estimate of drug-likeness (QED) is 0.425. The molecule has 0 aliphatic heterocycles. The van der Waals surface area contributed by atoms with Gasteiger partial charge < -0.3 is 5.32 Å². The molecule has 122 valence electrons. The predicted molar refractivity (Wildman–Crippen MR) is 95.7 cm³/mol. The van der Waals surface area contributed by atoms with Crippen LogP contribution in [0.2, 0.25) is 0 Å². The molecule has 0 aliphatic rings. The monoisotopic (exact) mass is 359 g/mol. The largest absolute Gasteiger partial charge is 0.345 e.